The monoisotopic (exact) mass is 490 g/mol. The molecule has 0 aliphatic rings. The highest BCUT2D eigenvalue weighted by Gasteiger charge is 2.18. The number of hydrogen-bond donors (Lipinski definition) is 4. The van der Waals surface area contributed by atoms with Crippen LogP contribution in [0.1, 0.15) is 28.4 Å². The first-order valence-corrected chi connectivity index (χ1v) is 10.5. The summed E-state index contributed by atoms with van der Waals surface area (Å²) in [5, 5.41) is 37.3. The second-order valence-corrected chi connectivity index (χ2v) is 7.41. The van der Waals surface area contributed by atoms with Crippen LogP contribution >= 0.6 is 0 Å². The number of rotatable bonds is 8. The van der Waals surface area contributed by atoms with E-state index in [0.29, 0.717) is 0 Å². The Kier molecular flexibility index (Phi) is 7.98. The molecule has 0 bridgehead atoms. The van der Waals surface area contributed by atoms with Crippen molar-refractivity contribution in [3.05, 3.63) is 99.2 Å². The number of nitro benzene ring substituents is 1. The zero-order chi connectivity index (χ0) is 26.2. The summed E-state index contributed by atoms with van der Waals surface area (Å²) in [4.78, 5) is 36.4. The first kappa shape index (κ1) is 25.4. The van der Waals surface area contributed by atoms with Crippen LogP contribution in [0, 0.1) is 10.1 Å². The van der Waals surface area contributed by atoms with Gasteiger partial charge in [0.2, 0.25) is 0 Å². The average Bonchev–Trinajstić information content (AvgIpc) is 2.87. The lowest BCUT2D eigenvalue weighted by atomic mass is 10.1. The second-order valence-electron chi connectivity index (χ2n) is 7.41. The highest BCUT2D eigenvalue weighted by atomic mass is 16.6. The van der Waals surface area contributed by atoms with E-state index in [4.69, 9.17) is 4.74 Å². The third-order valence-electron chi connectivity index (χ3n) is 4.94. The topological polar surface area (TPSA) is 163 Å². The van der Waals surface area contributed by atoms with Gasteiger partial charge in [-0.2, -0.15) is 5.10 Å². The Hall–Kier alpha value is -5.19. The van der Waals surface area contributed by atoms with Gasteiger partial charge in [0.05, 0.1) is 17.7 Å². The summed E-state index contributed by atoms with van der Waals surface area (Å²) in [6, 6.07) is 16.1. The van der Waals surface area contributed by atoms with E-state index in [2.05, 4.69) is 15.8 Å². The van der Waals surface area contributed by atoms with Crippen molar-refractivity contribution in [2.45, 2.75) is 6.92 Å². The van der Waals surface area contributed by atoms with Gasteiger partial charge in [0.25, 0.3) is 11.8 Å². The van der Waals surface area contributed by atoms with Crippen LogP contribution in [0.25, 0.3) is 6.08 Å². The molecular weight excluding hydrogens is 468 g/mol. The second kappa shape index (κ2) is 11.3. The van der Waals surface area contributed by atoms with Crippen molar-refractivity contribution in [2.24, 2.45) is 5.10 Å². The number of ether oxygens (including phenoxy) is 1. The van der Waals surface area contributed by atoms with E-state index in [1.165, 1.54) is 50.4 Å². The number of amides is 2. The first-order valence-electron chi connectivity index (χ1n) is 10.5. The predicted octanol–water partition coefficient (Wildman–Crippen LogP) is 3.33. The Labute approximate surface area is 205 Å². The molecule has 0 atom stereocenters. The van der Waals surface area contributed by atoms with Crippen LogP contribution in [0.3, 0.4) is 0 Å². The van der Waals surface area contributed by atoms with Crippen LogP contribution in [0.4, 0.5) is 5.69 Å². The maximum atomic E-state index is 13.0. The van der Waals surface area contributed by atoms with Gasteiger partial charge in [0.1, 0.15) is 17.2 Å². The first-order chi connectivity index (χ1) is 17.2. The van der Waals surface area contributed by atoms with Crippen LogP contribution in [-0.4, -0.2) is 39.8 Å². The van der Waals surface area contributed by atoms with Crippen molar-refractivity contribution in [3.8, 4) is 17.2 Å². The van der Waals surface area contributed by atoms with E-state index in [0.717, 1.165) is 6.07 Å². The van der Waals surface area contributed by atoms with E-state index >= 15 is 0 Å². The molecule has 0 aliphatic heterocycles. The lowest BCUT2D eigenvalue weighted by molar-refractivity contribution is -0.385. The molecular formula is C25H22N4O7. The third kappa shape index (κ3) is 6.23. The van der Waals surface area contributed by atoms with Gasteiger partial charge in [0.15, 0.2) is 5.75 Å². The summed E-state index contributed by atoms with van der Waals surface area (Å²) in [6.45, 7) is 1.52. The van der Waals surface area contributed by atoms with Gasteiger partial charge in [-0.25, -0.2) is 5.43 Å². The Morgan fingerprint density at radius 2 is 1.78 bits per heavy atom. The third-order valence-corrected chi connectivity index (χ3v) is 4.94. The van der Waals surface area contributed by atoms with Crippen LogP contribution in [-0.2, 0) is 4.79 Å². The Morgan fingerprint density at radius 3 is 2.42 bits per heavy atom. The zero-order valence-corrected chi connectivity index (χ0v) is 19.3. The summed E-state index contributed by atoms with van der Waals surface area (Å²) in [5.74, 6) is -1.77. The van der Waals surface area contributed by atoms with E-state index < -0.39 is 16.7 Å². The molecule has 0 aliphatic carbocycles. The Bertz CT molecular complexity index is 1370. The number of carbonyl (C=O) groups is 2. The molecule has 3 aromatic rings. The number of nitrogens with one attached hydrogen (secondary N) is 2. The molecule has 11 nitrogen and oxygen atoms in total. The van der Waals surface area contributed by atoms with Gasteiger partial charge in [-0.1, -0.05) is 24.3 Å². The minimum atomic E-state index is -0.824. The van der Waals surface area contributed by atoms with Gasteiger partial charge in [-0.05, 0) is 48.9 Å². The standard InChI is InChI=1S/C25H22N4O7/c1-15(19-10-9-18(30)14-22(19)31)27-28-25(33)20(26-24(32)17-6-4-3-5-7-17)12-16-8-11-23(36-2)21(13-16)29(34)35/h3-14,30-31H,1-2H3,(H,26,32)(H,28,33)/b20-12-,27-15+. The van der Waals surface area contributed by atoms with Crippen molar-refractivity contribution in [1.29, 1.82) is 0 Å². The van der Waals surface area contributed by atoms with Crippen molar-refractivity contribution < 1.29 is 29.5 Å². The van der Waals surface area contributed by atoms with Crippen molar-refractivity contribution in [3.63, 3.8) is 0 Å². The summed E-state index contributed by atoms with van der Waals surface area (Å²) in [6.07, 6.45) is 1.26. The molecule has 11 heteroatoms. The fourth-order valence-corrected chi connectivity index (χ4v) is 3.13. The molecule has 0 saturated carbocycles. The minimum absolute atomic E-state index is 0.0328. The maximum absolute atomic E-state index is 13.0. The van der Waals surface area contributed by atoms with Crippen LogP contribution in [0.5, 0.6) is 17.2 Å². The van der Waals surface area contributed by atoms with Crippen LogP contribution < -0.4 is 15.5 Å². The van der Waals surface area contributed by atoms with Gasteiger partial charge in [-0.15, -0.1) is 0 Å². The summed E-state index contributed by atoms with van der Waals surface area (Å²) < 4.78 is 5.00. The number of nitrogens with zero attached hydrogens (tertiary/aromatic N) is 2. The molecule has 2 amide bonds. The number of nitro groups is 1. The number of hydrogen-bond acceptors (Lipinski definition) is 8. The zero-order valence-electron chi connectivity index (χ0n) is 19.3. The van der Waals surface area contributed by atoms with Gasteiger partial charge in [-0.3, -0.25) is 19.7 Å². The van der Waals surface area contributed by atoms with Crippen molar-refractivity contribution >= 4 is 29.3 Å². The molecule has 0 aromatic heterocycles. The quantitative estimate of drug-likeness (QED) is 0.163. The average molecular weight is 490 g/mol. The Balaban J connectivity index is 1.95. The molecule has 3 rings (SSSR count). The van der Waals surface area contributed by atoms with E-state index in [9.17, 15) is 29.9 Å². The molecule has 0 heterocycles. The molecule has 0 fully saturated rings. The lowest BCUT2D eigenvalue weighted by Crippen LogP contribution is -2.33. The molecule has 36 heavy (non-hydrogen) atoms. The number of phenols is 2. The molecule has 184 valence electrons. The smallest absolute Gasteiger partial charge is 0.311 e. The largest absolute Gasteiger partial charge is 0.508 e. The van der Waals surface area contributed by atoms with Gasteiger partial charge >= 0.3 is 5.69 Å². The molecule has 4 N–H and O–H groups in total. The van der Waals surface area contributed by atoms with Crippen molar-refractivity contribution in [1.82, 2.24) is 10.7 Å². The maximum Gasteiger partial charge on any atom is 0.311 e. The fraction of sp³-hybridized carbons (Fsp3) is 0.0800. The molecule has 3 aromatic carbocycles. The van der Waals surface area contributed by atoms with E-state index in [-0.39, 0.29) is 51.0 Å². The molecule has 0 spiro atoms. The van der Waals surface area contributed by atoms with E-state index in [1.807, 2.05) is 0 Å². The molecule has 0 radical (unpaired) electrons. The summed E-state index contributed by atoms with van der Waals surface area (Å²) >= 11 is 0. The number of methoxy groups -OCH3 is 1. The number of phenolic OH excluding ortho intramolecular Hbond substituents is 2. The van der Waals surface area contributed by atoms with Gasteiger partial charge in [0, 0.05) is 23.3 Å². The Morgan fingerprint density at radius 1 is 1.06 bits per heavy atom. The normalized spacial score (nSPS) is 11.5. The van der Waals surface area contributed by atoms with Gasteiger partial charge < -0.3 is 20.3 Å². The van der Waals surface area contributed by atoms with Crippen LogP contribution in [0.15, 0.2) is 77.5 Å². The predicted molar refractivity (Wildman–Crippen MR) is 132 cm³/mol. The van der Waals surface area contributed by atoms with Crippen LogP contribution in [0.2, 0.25) is 0 Å². The fourth-order valence-electron chi connectivity index (χ4n) is 3.13. The summed E-state index contributed by atoms with van der Waals surface area (Å²) in [7, 11) is 1.29. The number of aromatic hydroxyl groups is 2. The van der Waals surface area contributed by atoms with Crippen molar-refractivity contribution in [2.75, 3.05) is 7.11 Å². The molecule has 0 saturated heterocycles. The lowest BCUT2D eigenvalue weighted by Gasteiger charge is -2.11. The highest BCUT2D eigenvalue weighted by Crippen LogP contribution is 2.28. The SMILES string of the molecule is COc1ccc(/C=C(\NC(=O)c2ccccc2)C(=O)N/N=C(\C)c2ccc(O)cc2O)cc1[N+](=O)[O-]. The minimum Gasteiger partial charge on any atom is -0.508 e. The number of hydrazone groups is 1. The number of benzene rings is 3. The molecule has 0 unspecified atom stereocenters. The highest BCUT2D eigenvalue weighted by molar-refractivity contribution is 6.06. The summed E-state index contributed by atoms with van der Waals surface area (Å²) in [5.41, 5.74) is 2.74. The van der Waals surface area contributed by atoms with E-state index in [1.54, 1.807) is 30.3 Å². The number of carbonyl (C=O) groups excluding carboxylic acids is 2.